The average Bonchev–Trinajstić information content (AvgIpc) is 3.29. The van der Waals surface area contributed by atoms with Crippen LogP contribution in [0.25, 0.3) is 0 Å². The van der Waals surface area contributed by atoms with Crippen LogP contribution < -0.4 is 13.8 Å². The van der Waals surface area contributed by atoms with Gasteiger partial charge >= 0.3 is 0 Å². The van der Waals surface area contributed by atoms with Crippen LogP contribution in [0.15, 0.2) is 23.1 Å². The van der Waals surface area contributed by atoms with E-state index in [0.717, 1.165) is 19.3 Å². The molecule has 1 aliphatic heterocycles. The van der Waals surface area contributed by atoms with Crippen LogP contribution in [0.2, 0.25) is 0 Å². The number of sulfonamides is 2. The monoisotopic (exact) mass is 360 g/mol. The lowest BCUT2D eigenvalue weighted by atomic mass is 10.2. The molecule has 23 heavy (non-hydrogen) atoms. The van der Waals surface area contributed by atoms with Gasteiger partial charge in [0.1, 0.15) is 10.6 Å². The Balaban J connectivity index is 2.02. The lowest BCUT2D eigenvalue weighted by Crippen LogP contribution is -2.38. The first-order valence-electron chi connectivity index (χ1n) is 7.54. The van der Waals surface area contributed by atoms with Gasteiger partial charge in [-0.05, 0) is 43.9 Å². The Morgan fingerprint density at radius 3 is 2.61 bits per heavy atom. The molecule has 1 aliphatic carbocycles. The van der Waals surface area contributed by atoms with Crippen molar-refractivity contribution < 1.29 is 21.6 Å². The first kappa shape index (κ1) is 16.5. The third kappa shape index (κ3) is 3.46. The summed E-state index contributed by atoms with van der Waals surface area (Å²) in [5, 5.41) is 0. The number of hydrogen-bond acceptors (Lipinski definition) is 5. The largest absolute Gasteiger partial charge is 0.495 e. The molecule has 128 valence electrons. The van der Waals surface area contributed by atoms with Gasteiger partial charge in [0.2, 0.25) is 20.0 Å². The quantitative estimate of drug-likeness (QED) is 0.848. The molecule has 0 radical (unpaired) electrons. The van der Waals surface area contributed by atoms with E-state index in [1.54, 1.807) is 6.07 Å². The zero-order valence-corrected chi connectivity index (χ0v) is 14.5. The van der Waals surface area contributed by atoms with E-state index >= 15 is 0 Å². The molecule has 0 amide bonds. The molecule has 1 aromatic carbocycles. The molecule has 2 fully saturated rings. The summed E-state index contributed by atoms with van der Waals surface area (Å²) in [5.41, 5.74) is 0.363. The number of ether oxygens (including phenoxy) is 1. The number of benzene rings is 1. The number of hydrogen-bond donors (Lipinski definition) is 1. The van der Waals surface area contributed by atoms with Crippen LogP contribution >= 0.6 is 0 Å². The number of nitrogens with zero attached hydrogens (tertiary/aromatic N) is 1. The summed E-state index contributed by atoms with van der Waals surface area (Å²) < 4.78 is 58.5. The van der Waals surface area contributed by atoms with E-state index in [2.05, 4.69) is 4.72 Å². The summed E-state index contributed by atoms with van der Waals surface area (Å²) in [6, 6.07) is 4.43. The number of methoxy groups -OCH3 is 1. The van der Waals surface area contributed by atoms with Crippen LogP contribution in [0, 0.1) is 0 Å². The molecule has 0 unspecified atom stereocenters. The van der Waals surface area contributed by atoms with E-state index in [9.17, 15) is 16.8 Å². The molecule has 1 heterocycles. The SMILES string of the molecule is COc1ccc(N2CCCCS2(=O)=O)cc1S(=O)(=O)NC1CC1. The Morgan fingerprint density at radius 2 is 2.00 bits per heavy atom. The van der Waals surface area contributed by atoms with E-state index in [-0.39, 0.29) is 22.4 Å². The lowest BCUT2D eigenvalue weighted by Gasteiger charge is -2.28. The maximum Gasteiger partial charge on any atom is 0.244 e. The predicted octanol–water partition coefficient (Wildman–Crippen LogP) is 1.07. The third-order valence-corrected chi connectivity index (χ3v) is 7.38. The normalized spacial score (nSPS) is 21.2. The van der Waals surface area contributed by atoms with Crippen LogP contribution in [0.4, 0.5) is 5.69 Å². The number of nitrogens with one attached hydrogen (secondary N) is 1. The Kier molecular flexibility index (Phi) is 4.28. The van der Waals surface area contributed by atoms with Crippen LogP contribution in [-0.2, 0) is 20.0 Å². The van der Waals surface area contributed by atoms with E-state index in [1.165, 1.54) is 23.5 Å². The van der Waals surface area contributed by atoms with Crippen molar-refractivity contribution in [2.24, 2.45) is 0 Å². The van der Waals surface area contributed by atoms with Crippen molar-refractivity contribution in [2.45, 2.75) is 36.6 Å². The molecule has 0 spiro atoms. The molecular formula is C14H20N2O5S2. The highest BCUT2D eigenvalue weighted by atomic mass is 32.2. The van der Waals surface area contributed by atoms with Gasteiger partial charge in [-0.15, -0.1) is 0 Å². The smallest absolute Gasteiger partial charge is 0.244 e. The zero-order chi connectivity index (χ0) is 16.7. The molecule has 1 N–H and O–H groups in total. The molecule has 2 aliphatic rings. The second-order valence-corrected chi connectivity index (χ2v) is 9.52. The van der Waals surface area contributed by atoms with Crippen molar-refractivity contribution in [1.82, 2.24) is 4.72 Å². The minimum Gasteiger partial charge on any atom is -0.495 e. The fourth-order valence-electron chi connectivity index (χ4n) is 2.59. The maximum absolute atomic E-state index is 12.5. The molecule has 1 saturated carbocycles. The van der Waals surface area contributed by atoms with Gasteiger partial charge in [-0.1, -0.05) is 0 Å². The van der Waals surface area contributed by atoms with Crippen molar-refractivity contribution in [3.63, 3.8) is 0 Å². The Labute approximate surface area is 136 Å². The molecule has 0 aromatic heterocycles. The van der Waals surface area contributed by atoms with Gasteiger partial charge in [-0.2, -0.15) is 0 Å². The van der Waals surface area contributed by atoms with Gasteiger partial charge in [0, 0.05) is 12.6 Å². The number of anilines is 1. The van der Waals surface area contributed by atoms with Crippen LogP contribution in [0.5, 0.6) is 5.75 Å². The van der Waals surface area contributed by atoms with E-state index in [1.807, 2.05) is 0 Å². The van der Waals surface area contributed by atoms with Gasteiger partial charge in [0.05, 0.1) is 18.6 Å². The minimum absolute atomic E-state index is 0.0230. The topological polar surface area (TPSA) is 92.8 Å². The molecule has 3 rings (SSSR count). The minimum atomic E-state index is -3.73. The van der Waals surface area contributed by atoms with E-state index in [0.29, 0.717) is 18.7 Å². The predicted molar refractivity (Wildman–Crippen MR) is 86.7 cm³/mol. The highest BCUT2D eigenvalue weighted by Crippen LogP contribution is 2.33. The fraction of sp³-hybridized carbons (Fsp3) is 0.571. The van der Waals surface area contributed by atoms with Crippen LogP contribution in [0.1, 0.15) is 25.7 Å². The Bertz CT molecular complexity index is 800. The summed E-state index contributed by atoms with van der Waals surface area (Å²) in [4.78, 5) is -0.0230. The molecule has 1 saturated heterocycles. The van der Waals surface area contributed by atoms with Crippen molar-refractivity contribution >= 4 is 25.7 Å². The Morgan fingerprint density at radius 1 is 1.26 bits per heavy atom. The second kappa shape index (κ2) is 5.95. The molecular weight excluding hydrogens is 340 g/mol. The molecule has 1 aromatic rings. The van der Waals surface area contributed by atoms with Gasteiger partial charge < -0.3 is 4.74 Å². The molecule has 9 heteroatoms. The highest BCUT2D eigenvalue weighted by Gasteiger charge is 2.32. The van der Waals surface area contributed by atoms with E-state index < -0.39 is 20.0 Å². The van der Waals surface area contributed by atoms with Gasteiger partial charge in [-0.3, -0.25) is 4.31 Å². The van der Waals surface area contributed by atoms with Gasteiger partial charge in [-0.25, -0.2) is 21.6 Å². The lowest BCUT2D eigenvalue weighted by molar-refractivity contribution is 0.402. The summed E-state index contributed by atoms with van der Waals surface area (Å²) in [6.45, 7) is 0.365. The van der Waals surface area contributed by atoms with Crippen LogP contribution in [0.3, 0.4) is 0 Å². The van der Waals surface area contributed by atoms with Crippen molar-refractivity contribution in [1.29, 1.82) is 0 Å². The molecule has 7 nitrogen and oxygen atoms in total. The van der Waals surface area contributed by atoms with Crippen molar-refractivity contribution in [2.75, 3.05) is 23.7 Å². The zero-order valence-electron chi connectivity index (χ0n) is 12.9. The van der Waals surface area contributed by atoms with Crippen molar-refractivity contribution in [3.05, 3.63) is 18.2 Å². The molecule has 0 bridgehead atoms. The maximum atomic E-state index is 12.5. The third-order valence-electron chi connectivity index (χ3n) is 3.97. The standard InChI is InChI=1S/C14H20N2O5S2/c1-21-13-7-6-12(16-8-2-3-9-22(16,17)18)10-14(13)23(19,20)15-11-4-5-11/h6-7,10-11,15H,2-5,8-9H2,1H3. The first-order chi connectivity index (χ1) is 10.8. The Hall–Kier alpha value is -1.32. The second-order valence-electron chi connectivity index (χ2n) is 5.83. The number of rotatable bonds is 5. The van der Waals surface area contributed by atoms with Gasteiger partial charge in [0.15, 0.2) is 0 Å². The molecule has 0 atom stereocenters. The summed E-state index contributed by atoms with van der Waals surface area (Å²) in [6.07, 6.45) is 3.03. The van der Waals surface area contributed by atoms with Crippen molar-refractivity contribution in [3.8, 4) is 5.75 Å². The van der Waals surface area contributed by atoms with Gasteiger partial charge in [0.25, 0.3) is 0 Å². The first-order valence-corrected chi connectivity index (χ1v) is 10.6. The van der Waals surface area contributed by atoms with Crippen LogP contribution in [-0.4, -0.2) is 42.3 Å². The fourth-order valence-corrected chi connectivity index (χ4v) is 5.72. The van der Waals surface area contributed by atoms with E-state index in [4.69, 9.17) is 4.74 Å². The average molecular weight is 360 g/mol. The summed E-state index contributed by atoms with van der Waals surface area (Å²) >= 11 is 0. The highest BCUT2D eigenvalue weighted by molar-refractivity contribution is 7.92. The summed E-state index contributed by atoms with van der Waals surface area (Å²) in [5.74, 6) is 0.290. The summed E-state index contributed by atoms with van der Waals surface area (Å²) in [7, 11) is -5.73.